The Bertz CT molecular complexity index is 1050. The molecule has 1 fully saturated rings. The minimum absolute atomic E-state index is 0.103. The van der Waals surface area contributed by atoms with Crippen LogP contribution in [0.1, 0.15) is 53.8 Å². The second-order valence-electron chi connectivity index (χ2n) is 9.22. The Kier molecular flexibility index (Phi) is 9.62. The molecule has 1 saturated heterocycles. The fourth-order valence-corrected chi connectivity index (χ4v) is 4.74. The largest absolute Gasteiger partial charge is 0.389 e. The number of likely N-dealkylation sites (tertiary alicyclic amines) is 1. The average Bonchev–Trinajstić information content (AvgIpc) is 3.00. The Morgan fingerprint density at radius 2 is 1.83 bits per heavy atom. The molecule has 3 atom stereocenters. The second kappa shape index (κ2) is 12.4. The first-order chi connectivity index (χ1) is 16.7. The number of hydrogen-bond acceptors (Lipinski definition) is 4. The fraction of sp³-hybridized carbons (Fsp3) is 0.423. The molecule has 0 bridgehead atoms. The molecule has 3 rings (SSSR count). The smallest absolute Gasteiger partial charge is 0.255 e. The van der Waals surface area contributed by atoms with E-state index in [1.807, 2.05) is 32.0 Å². The first-order valence-electron chi connectivity index (χ1n) is 11.7. The maximum Gasteiger partial charge on any atom is 0.255 e. The van der Waals surface area contributed by atoms with Gasteiger partial charge < -0.3 is 20.6 Å². The zero-order valence-electron chi connectivity index (χ0n) is 19.8. The Morgan fingerprint density at radius 1 is 1.14 bits per heavy atom. The number of halogens is 2. The Morgan fingerprint density at radius 3 is 2.49 bits per heavy atom. The van der Waals surface area contributed by atoms with E-state index >= 15 is 0 Å². The van der Waals surface area contributed by atoms with Gasteiger partial charge in [-0.1, -0.05) is 26.0 Å². The number of rotatable bonds is 7. The number of nitrogens with one attached hydrogen (secondary N) is 2. The van der Waals surface area contributed by atoms with Gasteiger partial charge in [-0.15, -0.1) is 0 Å². The van der Waals surface area contributed by atoms with Crippen LogP contribution in [0.5, 0.6) is 0 Å². The third-order valence-corrected chi connectivity index (χ3v) is 6.91. The molecule has 0 aliphatic carbocycles. The molecule has 1 aliphatic heterocycles. The molecular weight excluding hydrogens is 564 g/mol. The maximum absolute atomic E-state index is 13.2. The maximum atomic E-state index is 13.2. The van der Waals surface area contributed by atoms with Crippen molar-refractivity contribution in [1.82, 2.24) is 15.5 Å². The van der Waals surface area contributed by atoms with E-state index in [0.717, 1.165) is 3.57 Å². The SMILES string of the molecule is CC(C)CC(NC(=O)c1ccc(F)cc1)C(=O)NC1CCCN(C(=O)c2ccccc2I)CC1O. The van der Waals surface area contributed by atoms with Crippen LogP contribution in [0.4, 0.5) is 4.39 Å². The number of aliphatic hydroxyl groups is 1. The van der Waals surface area contributed by atoms with Gasteiger partial charge in [0.05, 0.1) is 17.7 Å². The Balaban J connectivity index is 1.65. The molecule has 3 N–H and O–H groups in total. The summed E-state index contributed by atoms with van der Waals surface area (Å²) in [6.07, 6.45) is 0.578. The highest BCUT2D eigenvalue weighted by Crippen LogP contribution is 2.19. The molecule has 0 spiro atoms. The van der Waals surface area contributed by atoms with E-state index in [9.17, 15) is 23.9 Å². The summed E-state index contributed by atoms with van der Waals surface area (Å²) in [6, 6.07) is 11.1. The van der Waals surface area contributed by atoms with Gasteiger partial charge in [0.25, 0.3) is 11.8 Å². The lowest BCUT2D eigenvalue weighted by Gasteiger charge is -2.28. The topological polar surface area (TPSA) is 98.7 Å². The van der Waals surface area contributed by atoms with Gasteiger partial charge in [-0.2, -0.15) is 0 Å². The summed E-state index contributed by atoms with van der Waals surface area (Å²) in [4.78, 5) is 40.4. The van der Waals surface area contributed by atoms with Crippen LogP contribution in [-0.2, 0) is 4.79 Å². The number of amides is 3. The normalized spacial score (nSPS) is 19.1. The minimum Gasteiger partial charge on any atom is -0.389 e. The molecule has 3 unspecified atom stereocenters. The van der Waals surface area contributed by atoms with E-state index in [1.165, 1.54) is 24.3 Å². The molecule has 2 aromatic rings. The number of benzene rings is 2. The van der Waals surface area contributed by atoms with Crippen molar-refractivity contribution >= 4 is 40.3 Å². The van der Waals surface area contributed by atoms with Gasteiger partial charge in [0.2, 0.25) is 5.91 Å². The molecule has 1 heterocycles. The van der Waals surface area contributed by atoms with Crippen LogP contribution in [0, 0.1) is 15.3 Å². The molecule has 7 nitrogen and oxygen atoms in total. The third-order valence-electron chi connectivity index (χ3n) is 5.97. The van der Waals surface area contributed by atoms with E-state index < -0.39 is 35.8 Å². The van der Waals surface area contributed by atoms with Crippen LogP contribution in [0.15, 0.2) is 48.5 Å². The predicted molar refractivity (Wildman–Crippen MR) is 139 cm³/mol. The van der Waals surface area contributed by atoms with Crippen molar-refractivity contribution in [2.45, 2.75) is 51.3 Å². The highest BCUT2D eigenvalue weighted by Gasteiger charge is 2.32. The number of β-amino-alcohol motifs (C(OH)–C–C–N with tert-alkyl or cyclic N) is 1. The number of carbonyl (C=O) groups excluding carboxylic acids is 3. The number of hydrogen-bond donors (Lipinski definition) is 3. The lowest BCUT2D eigenvalue weighted by Crippen LogP contribution is -2.54. The highest BCUT2D eigenvalue weighted by atomic mass is 127. The summed E-state index contributed by atoms with van der Waals surface area (Å²) in [5, 5.41) is 16.5. The molecule has 0 saturated carbocycles. The molecule has 9 heteroatoms. The Hall–Kier alpha value is -2.53. The monoisotopic (exact) mass is 595 g/mol. The minimum atomic E-state index is -0.945. The molecule has 188 valence electrons. The van der Waals surface area contributed by atoms with Crippen molar-refractivity contribution < 1.29 is 23.9 Å². The van der Waals surface area contributed by atoms with E-state index in [2.05, 4.69) is 33.2 Å². The van der Waals surface area contributed by atoms with Crippen LogP contribution in [0.3, 0.4) is 0 Å². The van der Waals surface area contributed by atoms with Crippen molar-refractivity contribution in [2.75, 3.05) is 13.1 Å². The van der Waals surface area contributed by atoms with Crippen LogP contribution in [-0.4, -0.2) is 59.0 Å². The van der Waals surface area contributed by atoms with Gasteiger partial charge in [-0.3, -0.25) is 14.4 Å². The zero-order chi connectivity index (χ0) is 25.5. The van der Waals surface area contributed by atoms with E-state index in [0.29, 0.717) is 31.4 Å². The van der Waals surface area contributed by atoms with E-state index in [1.54, 1.807) is 11.0 Å². The molecular formula is C26H31FIN3O4. The van der Waals surface area contributed by atoms with Crippen LogP contribution in [0.25, 0.3) is 0 Å². The number of aliphatic hydroxyl groups excluding tert-OH is 1. The van der Waals surface area contributed by atoms with Gasteiger partial charge in [0.15, 0.2) is 0 Å². The van der Waals surface area contributed by atoms with Gasteiger partial charge in [-0.25, -0.2) is 4.39 Å². The summed E-state index contributed by atoms with van der Waals surface area (Å²) >= 11 is 2.12. The highest BCUT2D eigenvalue weighted by molar-refractivity contribution is 14.1. The molecule has 0 aromatic heterocycles. The first kappa shape index (κ1) is 27.1. The quantitative estimate of drug-likeness (QED) is 0.428. The summed E-state index contributed by atoms with van der Waals surface area (Å²) in [7, 11) is 0. The molecule has 3 amide bonds. The standard InChI is InChI=1S/C26H31FIN3O4/c1-16(2)14-22(30-24(33)17-9-11-18(27)12-10-17)25(34)29-21-8-5-13-31(15-23(21)32)26(35)19-6-3-4-7-20(19)28/h3-4,6-7,9-12,16,21-23,32H,5,8,13-15H2,1-2H3,(H,29,34)(H,30,33). The number of carbonyl (C=O) groups is 3. The van der Waals surface area contributed by atoms with E-state index in [-0.39, 0.29) is 23.9 Å². The summed E-state index contributed by atoms with van der Waals surface area (Å²) in [5.74, 6) is -1.34. The molecule has 2 aromatic carbocycles. The summed E-state index contributed by atoms with van der Waals surface area (Å²) in [6.45, 7) is 4.47. The fourth-order valence-electron chi connectivity index (χ4n) is 4.13. The number of nitrogens with zero attached hydrogens (tertiary/aromatic N) is 1. The van der Waals surface area contributed by atoms with Gasteiger partial charge in [-0.05, 0) is 84.2 Å². The van der Waals surface area contributed by atoms with Gasteiger partial charge in [0.1, 0.15) is 11.9 Å². The van der Waals surface area contributed by atoms with Crippen molar-refractivity contribution in [3.8, 4) is 0 Å². The molecule has 35 heavy (non-hydrogen) atoms. The zero-order valence-corrected chi connectivity index (χ0v) is 22.0. The van der Waals surface area contributed by atoms with Crippen LogP contribution >= 0.6 is 22.6 Å². The predicted octanol–water partition coefficient (Wildman–Crippen LogP) is 3.36. The van der Waals surface area contributed by atoms with E-state index in [4.69, 9.17) is 0 Å². The van der Waals surface area contributed by atoms with Gasteiger partial charge in [0, 0.05) is 22.2 Å². The van der Waals surface area contributed by atoms with Crippen molar-refractivity contribution in [3.63, 3.8) is 0 Å². The average molecular weight is 595 g/mol. The van der Waals surface area contributed by atoms with Crippen LogP contribution in [0.2, 0.25) is 0 Å². The first-order valence-corrected chi connectivity index (χ1v) is 12.8. The summed E-state index contributed by atoms with van der Waals surface area (Å²) in [5.41, 5.74) is 0.843. The van der Waals surface area contributed by atoms with Crippen molar-refractivity contribution in [3.05, 3.63) is 69.0 Å². The Labute approximate surface area is 218 Å². The lowest BCUT2D eigenvalue weighted by atomic mass is 10.0. The van der Waals surface area contributed by atoms with Crippen molar-refractivity contribution in [1.29, 1.82) is 0 Å². The molecule has 1 aliphatic rings. The van der Waals surface area contributed by atoms with Gasteiger partial charge >= 0.3 is 0 Å². The molecule has 0 radical (unpaired) electrons. The summed E-state index contributed by atoms with van der Waals surface area (Å²) < 4.78 is 14.0. The lowest BCUT2D eigenvalue weighted by molar-refractivity contribution is -0.125. The van der Waals surface area contributed by atoms with Crippen LogP contribution < -0.4 is 10.6 Å². The second-order valence-corrected chi connectivity index (χ2v) is 10.4. The van der Waals surface area contributed by atoms with Crippen molar-refractivity contribution in [2.24, 2.45) is 5.92 Å². The third kappa shape index (κ3) is 7.47.